The second-order valence-corrected chi connectivity index (χ2v) is 6.49. The number of hydrogen-bond donors (Lipinski definition) is 1. The van der Waals surface area contributed by atoms with Gasteiger partial charge in [0.1, 0.15) is 18.2 Å². The Morgan fingerprint density at radius 3 is 2.62 bits per heavy atom. The topological polar surface area (TPSA) is 77.0 Å². The molecule has 3 rings (SSSR count). The molecule has 0 saturated carbocycles. The van der Waals surface area contributed by atoms with Crippen molar-refractivity contribution >= 4 is 11.7 Å². The molecule has 2 N–H and O–H groups in total. The summed E-state index contributed by atoms with van der Waals surface area (Å²) in [6.45, 7) is 2.78. The van der Waals surface area contributed by atoms with Gasteiger partial charge in [-0.15, -0.1) is 0 Å². The molecule has 140 valence electrons. The zero-order valence-electron chi connectivity index (χ0n) is 14.3. The Balaban J connectivity index is 1.72. The van der Waals surface area contributed by atoms with Gasteiger partial charge in [0.2, 0.25) is 5.91 Å². The maximum atomic E-state index is 13.0. The number of pyridine rings is 1. The summed E-state index contributed by atoms with van der Waals surface area (Å²) >= 11 is 0. The molecule has 0 bridgehead atoms. The third-order valence-corrected chi connectivity index (χ3v) is 4.53. The number of halogens is 3. The number of carbonyl (C=O) groups excluding carboxylic acids is 1. The number of amides is 1. The molecular formula is C17H20F3N5O. The second-order valence-electron chi connectivity index (χ2n) is 6.49. The fourth-order valence-electron chi connectivity index (χ4n) is 3.33. The lowest BCUT2D eigenvalue weighted by Crippen LogP contribution is -2.35. The molecule has 0 aliphatic carbocycles. The molecule has 6 nitrogen and oxygen atoms in total. The van der Waals surface area contributed by atoms with Crippen LogP contribution >= 0.6 is 0 Å². The number of nitrogens with two attached hydrogens (primary N) is 1. The van der Waals surface area contributed by atoms with Crippen molar-refractivity contribution in [2.24, 2.45) is 5.73 Å². The number of alkyl halides is 3. The van der Waals surface area contributed by atoms with Crippen molar-refractivity contribution in [3.05, 3.63) is 41.6 Å². The minimum atomic E-state index is -4.39. The van der Waals surface area contributed by atoms with Gasteiger partial charge in [-0.05, 0) is 31.9 Å². The largest absolute Gasteiger partial charge is 0.416 e. The van der Waals surface area contributed by atoms with Gasteiger partial charge < -0.3 is 15.2 Å². The number of nitrogens with zero attached hydrogens (tertiary/aromatic N) is 4. The number of carbonyl (C=O) groups is 1. The van der Waals surface area contributed by atoms with Crippen molar-refractivity contribution in [3.63, 3.8) is 0 Å². The van der Waals surface area contributed by atoms with Crippen LogP contribution < -0.4 is 10.6 Å². The number of hydrogen-bond acceptors (Lipinski definition) is 4. The van der Waals surface area contributed by atoms with Crippen molar-refractivity contribution in [2.75, 3.05) is 18.0 Å². The smallest absolute Gasteiger partial charge is 0.368 e. The number of anilines is 1. The first kappa shape index (κ1) is 18.2. The summed E-state index contributed by atoms with van der Waals surface area (Å²) in [5.41, 5.74) is 4.91. The molecule has 26 heavy (non-hydrogen) atoms. The normalized spacial score (nSPS) is 16.1. The molecule has 0 spiro atoms. The van der Waals surface area contributed by atoms with E-state index in [0.717, 1.165) is 18.0 Å². The van der Waals surface area contributed by atoms with Gasteiger partial charge in [0.15, 0.2) is 0 Å². The Bertz CT molecular complexity index is 794. The maximum Gasteiger partial charge on any atom is 0.416 e. The quantitative estimate of drug-likeness (QED) is 0.901. The molecule has 0 atom stereocenters. The lowest BCUT2D eigenvalue weighted by atomic mass is 9.95. The summed E-state index contributed by atoms with van der Waals surface area (Å²) in [6.07, 6.45) is 0.381. The highest BCUT2D eigenvalue weighted by Gasteiger charge is 2.32. The van der Waals surface area contributed by atoms with Crippen LogP contribution in [0.4, 0.5) is 19.0 Å². The number of aromatic nitrogens is 3. The van der Waals surface area contributed by atoms with Crippen LogP contribution in [0.5, 0.6) is 0 Å². The summed E-state index contributed by atoms with van der Waals surface area (Å²) in [5.74, 6) is 0.825. The van der Waals surface area contributed by atoms with Gasteiger partial charge in [-0.1, -0.05) is 0 Å². The molecule has 1 saturated heterocycles. The number of rotatable bonds is 4. The highest BCUT2D eigenvalue weighted by molar-refractivity contribution is 5.73. The van der Waals surface area contributed by atoms with E-state index >= 15 is 0 Å². The van der Waals surface area contributed by atoms with Crippen molar-refractivity contribution in [1.82, 2.24) is 14.5 Å². The molecule has 1 aliphatic rings. The van der Waals surface area contributed by atoms with Gasteiger partial charge in [-0.25, -0.2) is 9.97 Å². The van der Waals surface area contributed by atoms with E-state index < -0.39 is 17.6 Å². The fraction of sp³-hybridized carbons (Fsp3) is 0.471. The van der Waals surface area contributed by atoms with Crippen molar-refractivity contribution in [2.45, 2.75) is 38.4 Å². The molecule has 2 aromatic rings. The van der Waals surface area contributed by atoms with Gasteiger partial charge in [0, 0.05) is 37.1 Å². The van der Waals surface area contributed by atoms with Gasteiger partial charge in [0.25, 0.3) is 0 Å². The summed E-state index contributed by atoms with van der Waals surface area (Å²) < 4.78 is 40.8. The Labute approximate surface area is 148 Å². The van der Waals surface area contributed by atoms with Gasteiger partial charge in [-0.3, -0.25) is 4.79 Å². The van der Waals surface area contributed by atoms with Crippen LogP contribution in [0.2, 0.25) is 0 Å². The first-order valence-electron chi connectivity index (χ1n) is 8.34. The SMILES string of the molecule is Cc1cc(C(F)(F)F)cc(N2CCC(c3nccn3CC(N)=O)CC2)n1. The molecule has 2 aromatic heterocycles. The highest BCUT2D eigenvalue weighted by atomic mass is 19.4. The Morgan fingerprint density at radius 2 is 2.00 bits per heavy atom. The Hall–Kier alpha value is -2.58. The molecule has 1 amide bonds. The number of primary amides is 1. The van der Waals surface area contributed by atoms with Crippen LogP contribution in [0, 0.1) is 6.92 Å². The molecule has 1 aliphatic heterocycles. The number of aryl methyl sites for hydroxylation is 1. The van der Waals surface area contributed by atoms with Crippen LogP contribution in [-0.2, 0) is 17.5 Å². The zero-order chi connectivity index (χ0) is 18.9. The molecule has 3 heterocycles. The van der Waals surface area contributed by atoms with E-state index in [0.29, 0.717) is 37.4 Å². The van der Waals surface area contributed by atoms with Crippen LogP contribution in [-0.4, -0.2) is 33.5 Å². The summed E-state index contributed by atoms with van der Waals surface area (Å²) in [4.78, 5) is 21.6. The molecule has 9 heteroatoms. The first-order chi connectivity index (χ1) is 12.2. The molecule has 0 aromatic carbocycles. The van der Waals surface area contributed by atoms with Gasteiger partial charge >= 0.3 is 6.18 Å². The van der Waals surface area contributed by atoms with E-state index in [-0.39, 0.29) is 12.5 Å². The molecule has 1 fully saturated rings. The lowest BCUT2D eigenvalue weighted by Gasteiger charge is -2.33. The van der Waals surface area contributed by atoms with Crippen molar-refractivity contribution < 1.29 is 18.0 Å². The molecule has 0 radical (unpaired) electrons. The minimum absolute atomic E-state index is 0.0733. The second kappa shape index (κ2) is 6.97. The summed E-state index contributed by atoms with van der Waals surface area (Å²) in [6, 6.07) is 2.15. The van der Waals surface area contributed by atoms with Gasteiger partial charge in [0.05, 0.1) is 5.56 Å². The van der Waals surface area contributed by atoms with E-state index in [1.165, 1.54) is 0 Å². The average molecular weight is 367 g/mol. The Morgan fingerprint density at radius 1 is 1.31 bits per heavy atom. The Kier molecular flexibility index (Phi) is 4.88. The van der Waals surface area contributed by atoms with Crippen LogP contribution in [0.25, 0.3) is 0 Å². The minimum Gasteiger partial charge on any atom is -0.368 e. The van der Waals surface area contributed by atoms with Crippen molar-refractivity contribution in [3.8, 4) is 0 Å². The molecule has 0 unspecified atom stereocenters. The molecular weight excluding hydrogens is 347 g/mol. The average Bonchev–Trinajstić information content (AvgIpc) is 3.01. The van der Waals surface area contributed by atoms with Gasteiger partial charge in [-0.2, -0.15) is 13.2 Å². The van der Waals surface area contributed by atoms with Crippen LogP contribution in [0.15, 0.2) is 24.5 Å². The maximum absolute atomic E-state index is 13.0. The number of imidazole rings is 1. The van der Waals surface area contributed by atoms with Crippen LogP contribution in [0.3, 0.4) is 0 Å². The van der Waals surface area contributed by atoms with Crippen LogP contribution in [0.1, 0.15) is 35.8 Å². The number of piperidine rings is 1. The van der Waals surface area contributed by atoms with E-state index in [1.807, 2.05) is 4.90 Å². The predicted molar refractivity (Wildman–Crippen MR) is 89.6 cm³/mol. The lowest BCUT2D eigenvalue weighted by molar-refractivity contribution is -0.137. The highest BCUT2D eigenvalue weighted by Crippen LogP contribution is 2.34. The van der Waals surface area contributed by atoms with E-state index in [2.05, 4.69) is 9.97 Å². The summed E-state index contributed by atoms with van der Waals surface area (Å²) in [7, 11) is 0. The van der Waals surface area contributed by atoms with E-state index in [9.17, 15) is 18.0 Å². The van der Waals surface area contributed by atoms with Crippen molar-refractivity contribution in [1.29, 1.82) is 0 Å². The zero-order valence-corrected chi connectivity index (χ0v) is 14.3. The predicted octanol–water partition coefficient (Wildman–Crippen LogP) is 2.47. The van der Waals surface area contributed by atoms with E-state index in [4.69, 9.17) is 5.73 Å². The monoisotopic (exact) mass is 367 g/mol. The third kappa shape index (κ3) is 3.97. The van der Waals surface area contributed by atoms with E-state index in [1.54, 1.807) is 23.9 Å². The summed E-state index contributed by atoms with van der Waals surface area (Å²) in [5, 5.41) is 0. The third-order valence-electron chi connectivity index (χ3n) is 4.53. The first-order valence-corrected chi connectivity index (χ1v) is 8.34. The fourth-order valence-corrected chi connectivity index (χ4v) is 3.33. The standard InChI is InChI=1S/C17H20F3N5O/c1-11-8-13(17(18,19)20)9-15(23-11)24-5-2-12(3-6-24)16-22-4-7-25(16)10-14(21)26/h4,7-9,12H,2-3,5-6,10H2,1H3,(H2,21,26).